The smallest absolute Gasteiger partial charge is 0.0319 e. The summed E-state index contributed by atoms with van der Waals surface area (Å²) in [6.45, 7) is 4.57. The third kappa shape index (κ3) is 4.11. The molecule has 0 aromatic heterocycles. The molecular weight excluding hydrogens is 274 g/mol. The number of hydrogen-bond donors (Lipinski definition) is 1. The van der Waals surface area contributed by atoms with Crippen LogP contribution < -0.4 is 5.32 Å². The standard InChI is InChI=1S/C15H22BrN/c1-3-15(13-6-8-14(16)9-7-13)17-11(2)10-12-4-5-12/h6-9,11-12,15,17H,3-5,10H2,1-2H3. The fourth-order valence-electron chi connectivity index (χ4n) is 2.41. The highest BCUT2D eigenvalue weighted by molar-refractivity contribution is 9.10. The largest absolute Gasteiger partial charge is 0.307 e. The highest BCUT2D eigenvalue weighted by Crippen LogP contribution is 2.34. The zero-order chi connectivity index (χ0) is 12.3. The van der Waals surface area contributed by atoms with Gasteiger partial charge in [0.15, 0.2) is 0 Å². The predicted molar refractivity (Wildman–Crippen MR) is 77.1 cm³/mol. The molecule has 0 radical (unpaired) electrons. The summed E-state index contributed by atoms with van der Waals surface area (Å²) in [4.78, 5) is 0. The SMILES string of the molecule is CCC(NC(C)CC1CC1)c1ccc(Br)cc1. The lowest BCUT2D eigenvalue weighted by atomic mass is 10.0. The van der Waals surface area contributed by atoms with E-state index in [9.17, 15) is 0 Å². The van der Waals surface area contributed by atoms with E-state index in [1.807, 2.05) is 0 Å². The van der Waals surface area contributed by atoms with Gasteiger partial charge in [0, 0.05) is 16.6 Å². The summed E-state index contributed by atoms with van der Waals surface area (Å²) in [5.74, 6) is 1.000. The topological polar surface area (TPSA) is 12.0 Å². The van der Waals surface area contributed by atoms with Crippen molar-refractivity contribution in [1.82, 2.24) is 5.32 Å². The van der Waals surface area contributed by atoms with Gasteiger partial charge in [-0.25, -0.2) is 0 Å². The molecule has 0 spiro atoms. The Morgan fingerprint density at radius 2 is 1.94 bits per heavy atom. The van der Waals surface area contributed by atoms with Gasteiger partial charge in [0.1, 0.15) is 0 Å². The summed E-state index contributed by atoms with van der Waals surface area (Å²) in [5, 5.41) is 3.76. The van der Waals surface area contributed by atoms with Crippen molar-refractivity contribution in [2.24, 2.45) is 5.92 Å². The van der Waals surface area contributed by atoms with E-state index in [0.717, 1.165) is 16.8 Å². The Bertz CT molecular complexity index is 342. The fourth-order valence-corrected chi connectivity index (χ4v) is 2.67. The summed E-state index contributed by atoms with van der Waals surface area (Å²) < 4.78 is 1.15. The van der Waals surface area contributed by atoms with Crippen LogP contribution in [0.4, 0.5) is 0 Å². The van der Waals surface area contributed by atoms with Crippen LogP contribution in [0.1, 0.15) is 51.1 Å². The van der Waals surface area contributed by atoms with Crippen LogP contribution in [-0.4, -0.2) is 6.04 Å². The van der Waals surface area contributed by atoms with Crippen LogP contribution in [0.2, 0.25) is 0 Å². The molecular formula is C15H22BrN. The van der Waals surface area contributed by atoms with E-state index in [2.05, 4.69) is 59.4 Å². The maximum absolute atomic E-state index is 3.76. The van der Waals surface area contributed by atoms with Gasteiger partial charge in [0.05, 0.1) is 0 Å². The molecule has 0 amide bonds. The zero-order valence-corrected chi connectivity index (χ0v) is 12.3. The lowest BCUT2D eigenvalue weighted by Crippen LogP contribution is -2.30. The van der Waals surface area contributed by atoms with Crippen molar-refractivity contribution in [2.75, 3.05) is 0 Å². The van der Waals surface area contributed by atoms with Crippen LogP contribution in [0.5, 0.6) is 0 Å². The second-order valence-electron chi connectivity index (χ2n) is 5.26. The molecule has 1 aromatic rings. The summed E-state index contributed by atoms with van der Waals surface area (Å²) in [7, 11) is 0. The minimum absolute atomic E-state index is 0.497. The molecule has 1 nitrogen and oxygen atoms in total. The first-order valence-corrected chi connectivity index (χ1v) is 7.50. The maximum Gasteiger partial charge on any atom is 0.0319 e. The minimum atomic E-state index is 0.497. The van der Waals surface area contributed by atoms with Crippen molar-refractivity contribution in [3.05, 3.63) is 34.3 Å². The van der Waals surface area contributed by atoms with Gasteiger partial charge in [-0.15, -0.1) is 0 Å². The first-order chi connectivity index (χ1) is 8.19. The molecule has 1 saturated carbocycles. The Labute approximate surface area is 113 Å². The molecule has 2 atom stereocenters. The number of nitrogens with one attached hydrogen (secondary N) is 1. The normalized spacial score (nSPS) is 19.0. The third-order valence-electron chi connectivity index (χ3n) is 3.55. The Balaban J connectivity index is 1.92. The fraction of sp³-hybridized carbons (Fsp3) is 0.600. The second-order valence-corrected chi connectivity index (χ2v) is 6.17. The van der Waals surface area contributed by atoms with Gasteiger partial charge in [0.2, 0.25) is 0 Å². The van der Waals surface area contributed by atoms with Gasteiger partial charge in [-0.05, 0) is 43.4 Å². The Morgan fingerprint density at radius 1 is 1.29 bits per heavy atom. The van der Waals surface area contributed by atoms with E-state index in [0.29, 0.717) is 12.1 Å². The molecule has 0 saturated heterocycles. The summed E-state index contributed by atoms with van der Waals surface area (Å²) >= 11 is 3.49. The van der Waals surface area contributed by atoms with E-state index in [-0.39, 0.29) is 0 Å². The molecule has 1 aromatic carbocycles. The number of benzene rings is 1. The average molecular weight is 296 g/mol. The van der Waals surface area contributed by atoms with Crippen LogP contribution in [-0.2, 0) is 0 Å². The first kappa shape index (κ1) is 13.1. The molecule has 2 heteroatoms. The van der Waals surface area contributed by atoms with Crippen LogP contribution in [0, 0.1) is 5.92 Å². The molecule has 94 valence electrons. The minimum Gasteiger partial charge on any atom is -0.307 e. The summed E-state index contributed by atoms with van der Waals surface area (Å²) in [5.41, 5.74) is 1.40. The van der Waals surface area contributed by atoms with E-state index >= 15 is 0 Å². The van der Waals surface area contributed by atoms with Crippen LogP contribution in [0.15, 0.2) is 28.7 Å². The van der Waals surface area contributed by atoms with Crippen LogP contribution >= 0.6 is 15.9 Å². The Hall–Kier alpha value is -0.340. The quantitative estimate of drug-likeness (QED) is 0.804. The van der Waals surface area contributed by atoms with Crippen molar-refractivity contribution in [1.29, 1.82) is 0 Å². The number of rotatable bonds is 6. The van der Waals surface area contributed by atoms with Crippen molar-refractivity contribution < 1.29 is 0 Å². The van der Waals surface area contributed by atoms with E-state index in [4.69, 9.17) is 0 Å². The highest BCUT2D eigenvalue weighted by Gasteiger charge is 2.24. The maximum atomic E-state index is 3.76. The van der Waals surface area contributed by atoms with Gasteiger partial charge in [0.25, 0.3) is 0 Å². The predicted octanol–water partition coefficient (Wildman–Crippen LogP) is 4.68. The number of halogens is 1. The highest BCUT2D eigenvalue weighted by atomic mass is 79.9. The summed E-state index contributed by atoms with van der Waals surface area (Å²) in [6.07, 6.45) is 5.38. The lowest BCUT2D eigenvalue weighted by molar-refractivity contribution is 0.413. The summed E-state index contributed by atoms with van der Waals surface area (Å²) in [6, 6.07) is 9.83. The van der Waals surface area contributed by atoms with Gasteiger partial charge < -0.3 is 5.32 Å². The van der Waals surface area contributed by atoms with Gasteiger partial charge >= 0.3 is 0 Å². The number of hydrogen-bond acceptors (Lipinski definition) is 1. The van der Waals surface area contributed by atoms with Crippen molar-refractivity contribution in [2.45, 2.75) is 51.6 Å². The van der Waals surface area contributed by atoms with E-state index < -0.39 is 0 Å². The lowest BCUT2D eigenvalue weighted by Gasteiger charge is -2.22. The van der Waals surface area contributed by atoms with E-state index in [1.54, 1.807) is 0 Å². The molecule has 0 heterocycles. The molecule has 0 aliphatic heterocycles. The molecule has 0 bridgehead atoms. The molecule has 2 unspecified atom stereocenters. The molecule has 1 aliphatic carbocycles. The van der Waals surface area contributed by atoms with Crippen molar-refractivity contribution in [3.8, 4) is 0 Å². The molecule has 2 rings (SSSR count). The zero-order valence-electron chi connectivity index (χ0n) is 10.7. The molecule has 1 fully saturated rings. The molecule has 1 aliphatic rings. The molecule has 17 heavy (non-hydrogen) atoms. The van der Waals surface area contributed by atoms with Crippen LogP contribution in [0.25, 0.3) is 0 Å². The van der Waals surface area contributed by atoms with Crippen LogP contribution in [0.3, 0.4) is 0 Å². The van der Waals surface area contributed by atoms with Gasteiger partial charge in [-0.1, -0.05) is 47.8 Å². The Kier molecular flexibility index (Phi) is 4.63. The average Bonchev–Trinajstić information content (AvgIpc) is 3.11. The first-order valence-electron chi connectivity index (χ1n) is 6.70. The van der Waals surface area contributed by atoms with E-state index in [1.165, 1.54) is 24.8 Å². The molecule has 1 N–H and O–H groups in total. The second kappa shape index (κ2) is 6.01. The van der Waals surface area contributed by atoms with Crippen molar-refractivity contribution in [3.63, 3.8) is 0 Å². The monoisotopic (exact) mass is 295 g/mol. The van der Waals surface area contributed by atoms with Gasteiger partial charge in [-0.2, -0.15) is 0 Å². The Morgan fingerprint density at radius 3 is 2.47 bits per heavy atom. The van der Waals surface area contributed by atoms with Gasteiger partial charge in [-0.3, -0.25) is 0 Å². The van der Waals surface area contributed by atoms with Crippen molar-refractivity contribution >= 4 is 15.9 Å². The third-order valence-corrected chi connectivity index (χ3v) is 4.08.